The summed E-state index contributed by atoms with van der Waals surface area (Å²) in [6.45, 7) is 1.19. The molecule has 0 aliphatic carbocycles. The maximum atomic E-state index is 5.71. The summed E-state index contributed by atoms with van der Waals surface area (Å²) in [5.74, 6) is 1.12. The second kappa shape index (κ2) is 12.1. The summed E-state index contributed by atoms with van der Waals surface area (Å²) in [5.41, 5.74) is 4.46. The van der Waals surface area contributed by atoms with Crippen LogP contribution >= 0.6 is 0 Å². The minimum Gasteiger partial charge on any atom is -0.472 e. The molecule has 0 amide bonds. The van der Waals surface area contributed by atoms with Crippen molar-refractivity contribution >= 4 is 28.9 Å². The van der Waals surface area contributed by atoms with Crippen LogP contribution in [0, 0.1) is 0 Å². The van der Waals surface area contributed by atoms with Crippen molar-refractivity contribution in [3.05, 3.63) is 114 Å². The highest BCUT2D eigenvalue weighted by Crippen LogP contribution is 2.17. The molecule has 3 heterocycles. The Balaban J connectivity index is 0.000000182. The standard InChI is InChI=1S/C20H20N2O2.C11H10N2/c1-3-7-15(8-4-1)11-17-13-23-19(21-17)20-22-18(14-24-20)12-16-9-5-2-6-10-16;1-12-8-10-7-6-9-4-2-3-5-11(9)13-10/h1-10,17-18H,11-14H2;2-8H,1H3. The van der Waals surface area contributed by atoms with Crippen molar-refractivity contribution < 1.29 is 9.47 Å². The van der Waals surface area contributed by atoms with Crippen LogP contribution in [0.5, 0.6) is 0 Å². The molecule has 6 rings (SSSR count). The van der Waals surface area contributed by atoms with Gasteiger partial charge in [0, 0.05) is 18.6 Å². The lowest BCUT2D eigenvalue weighted by molar-refractivity contribution is 0.293. The monoisotopic (exact) mass is 490 g/mol. The van der Waals surface area contributed by atoms with E-state index < -0.39 is 0 Å². The van der Waals surface area contributed by atoms with Gasteiger partial charge < -0.3 is 9.47 Å². The Kier molecular flexibility index (Phi) is 7.96. The number of ether oxygens (including phenoxy) is 2. The SMILES string of the molecule is CN=Cc1ccc2ccccc2n1.c1ccc(CC2COC(C3=NC(Cc4ccccc4)CO3)=N2)cc1. The summed E-state index contributed by atoms with van der Waals surface area (Å²) in [4.78, 5) is 17.6. The third-order valence-electron chi connectivity index (χ3n) is 6.12. The van der Waals surface area contributed by atoms with Crippen LogP contribution in [-0.2, 0) is 22.3 Å². The molecule has 2 unspecified atom stereocenters. The van der Waals surface area contributed by atoms with Gasteiger partial charge in [0.1, 0.15) is 13.2 Å². The molecule has 6 nitrogen and oxygen atoms in total. The fourth-order valence-electron chi connectivity index (χ4n) is 4.33. The molecule has 0 fully saturated rings. The highest BCUT2D eigenvalue weighted by Gasteiger charge is 2.29. The molecule has 37 heavy (non-hydrogen) atoms. The molecular formula is C31H30N4O2. The number of para-hydroxylation sites is 1. The number of benzene rings is 3. The minimum absolute atomic E-state index is 0.141. The zero-order chi connectivity index (χ0) is 25.3. The molecule has 0 saturated carbocycles. The molecule has 0 bridgehead atoms. The Morgan fingerprint density at radius 2 is 1.24 bits per heavy atom. The molecule has 4 aromatic rings. The number of aliphatic imine (C=N–C) groups is 3. The highest BCUT2D eigenvalue weighted by molar-refractivity contribution is 6.36. The van der Waals surface area contributed by atoms with E-state index in [1.165, 1.54) is 11.1 Å². The van der Waals surface area contributed by atoms with Gasteiger partial charge in [0.2, 0.25) is 0 Å². The van der Waals surface area contributed by atoms with E-state index in [1.54, 1.807) is 13.3 Å². The molecule has 0 spiro atoms. The van der Waals surface area contributed by atoms with Crippen molar-refractivity contribution in [1.29, 1.82) is 0 Å². The normalized spacial score (nSPS) is 18.5. The summed E-state index contributed by atoms with van der Waals surface area (Å²) in [6, 6.07) is 33.1. The third-order valence-corrected chi connectivity index (χ3v) is 6.12. The molecule has 6 heteroatoms. The van der Waals surface area contributed by atoms with E-state index in [0.29, 0.717) is 25.0 Å². The molecular weight excluding hydrogens is 460 g/mol. The summed E-state index contributed by atoms with van der Waals surface area (Å²) < 4.78 is 11.4. The van der Waals surface area contributed by atoms with Crippen LogP contribution in [0.25, 0.3) is 10.9 Å². The molecule has 0 saturated heterocycles. The maximum Gasteiger partial charge on any atom is 0.273 e. The molecule has 2 atom stereocenters. The molecule has 186 valence electrons. The Morgan fingerprint density at radius 1 is 0.703 bits per heavy atom. The Labute approximate surface area is 217 Å². The summed E-state index contributed by atoms with van der Waals surface area (Å²) in [7, 11) is 1.75. The van der Waals surface area contributed by atoms with Crippen LogP contribution in [-0.4, -0.2) is 55.3 Å². The summed E-state index contributed by atoms with van der Waals surface area (Å²) in [5, 5.41) is 1.16. The van der Waals surface area contributed by atoms with E-state index in [1.807, 2.05) is 60.7 Å². The first-order chi connectivity index (χ1) is 18.3. The van der Waals surface area contributed by atoms with Gasteiger partial charge in [-0.1, -0.05) is 84.9 Å². The number of hydrogen-bond donors (Lipinski definition) is 0. The van der Waals surface area contributed by atoms with Crippen molar-refractivity contribution in [2.75, 3.05) is 20.3 Å². The quantitative estimate of drug-likeness (QED) is 0.342. The largest absolute Gasteiger partial charge is 0.472 e. The highest BCUT2D eigenvalue weighted by atomic mass is 16.5. The molecule has 3 aromatic carbocycles. The van der Waals surface area contributed by atoms with Gasteiger partial charge in [-0.3, -0.25) is 4.99 Å². The lowest BCUT2D eigenvalue weighted by Crippen LogP contribution is -2.14. The van der Waals surface area contributed by atoms with Crippen LogP contribution < -0.4 is 0 Å². The zero-order valence-electron chi connectivity index (χ0n) is 20.9. The van der Waals surface area contributed by atoms with E-state index >= 15 is 0 Å². The van der Waals surface area contributed by atoms with Gasteiger partial charge in [0.05, 0.1) is 23.3 Å². The molecule has 0 radical (unpaired) electrons. The number of nitrogens with zero attached hydrogens (tertiary/aromatic N) is 4. The molecule has 0 N–H and O–H groups in total. The zero-order valence-corrected chi connectivity index (χ0v) is 20.9. The van der Waals surface area contributed by atoms with Gasteiger partial charge >= 0.3 is 0 Å². The second-order valence-electron chi connectivity index (χ2n) is 8.99. The van der Waals surface area contributed by atoms with Gasteiger partial charge in [-0.2, -0.15) is 0 Å². The average molecular weight is 491 g/mol. The van der Waals surface area contributed by atoms with Crippen molar-refractivity contribution in [1.82, 2.24) is 4.98 Å². The van der Waals surface area contributed by atoms with Crippen LogP contribution in [0.15, 0.2) is 112 Å². The second-order valence-corrected chi connectivity index (χ2v) is 8.99. The Hall–Kier alpha value is -4.32. The fraction of sp³-hybridized carbons (Fsp3) is 0.226. The van der Waals surface area contributed by atoms with E-state index in [-0.39, 0.29) is 12.1 Å². The lowest BCUT2D eigenvalue weighted by Gasteiger charge is -2.04. The number of hydrogen-bond acceptors (Lipinski definition) is 6. The van der Waals surface area contributed by atoms with Crippen LogP contribution in [0.1, 0.15) is 16.8 Å². The number of rotatable bonds is 6. The first-order valence-corrected chi connectivity index (χ1v) is 12.5. The number of pyridine rings is 1. The smallest absolute Gasteiger partial charge is 0.273 e. The Morgan fingerprint density at radius 3 is 1.81 bits per heavy atom. The minimum atomic E-state index is 0.141. The average Bonchev–Trinajstić information content (AvgIpc) is 3.60. The predicted molar refractivity (Wildman–Crippen MR) is 150 cm³/mol. The van der Waals surface area contributed by atoms with Crippen molar-refractivity contribution in [3.63, 3.8) is 0 Å². The van der Waals surface area contributed by atoms with Crippen molar-refractivity contribution in [3.8, 4) is 0 Å². The molecule has 2 aliphatic rings. The fourth-order valence-corrected chi connectivity index (χ4v) is 4.33. The third kappa shape index (κ3) is 6.67. The van der Waals surface area contributed by atoms with Gasteiger partial charge in [0.25, 0.3) is 11.8 Å². The maximum absolute atomic E-state index is 5.71. The van der Waals surface area contributed by atoms with Gasteiger partial charge in [0.15, 0.2) is 0 Å². The van der Waals surface area contributed by atoms with Gasteiger partial charge in [-0.15, -0.1) is 0 Å². The topological polar surface area (TPSA) is 68.4 Å². The lowest BCUT2D eigenvalue weighted by atomic mass is 10.1. The van der Waals surface area contributed by atoms with Crippen LogP contribution in [0.2, 0.25) is 0 Å². The van der Waals surface area contributed by atoms with Crippen molar-refractivity contribution in [2.45, 2.75) is 24.9 Å². The first-order valence-electron chi connectivity index (χ1n) is 12.5. The van der Waals surface area contributed by atoms with E-state index in [2.05, 4.69) is 56.4 Å². The Bertz CT molecular complexity index is 1340. The van der Waals surface area contributed by atoms with E-state index in [4.69, 9.17) is 9.47 Å². The van der Waals surface area contributed by atoms with Gasteiger partial charge in [-0.05, 0) is 36.1 Å². The van der Waals surface area contributed by atoms with E-state index in [9.17, 15) is 0 Å². The van der Waals surface area contributed by atoms with E-state index in [0.717, 1.165) is 29.4 Å². The van der Waals surface area contributed by atoms with Crippen molar-refractivity contribution in [2.24, 2.45) is 15.0 Å². The molecule has 1 aromatic heterocycles. The van der Waals surface area contributed by atoms with Crippen LogP contribution in [0.3, 0.4) is 0 Å². The summed E-state index contributed by atoms with van der Waals surface area (Å²) in [6.07, 6.45) is 3.52. The first kappa shape index (κ1) is 24.4. The number of fused-ring (bicyclic) bond motifs is 1. The summed E-state index contributed by atoms with van der Waals surface area (Å²) >= 11 is 0. The van der Waals surface area contributed by atoms with Gasteiger partial charge in [-0.25, -0.2) is 15.0 Å². The van der Waals surface area contributed by atoms with Crippen LogP contribution in [0.4, 0.5) is 0 Å². The molecule has 2 aliphatic heterocycles. The number of aromatic nitrogens is 1. The predicted octanol–water partition coefficient (Wildman–Crippen LogP) is 5.35.